The summed E-state index contributed by atoms with van der Waals surface area (Å²) < 4.78 is 54.5. The van der Waals surface area contributed by atoms with E-state index in [1.54, 1.807) is 97.1 Å². The van der Waals surface area contributed by atoms with E-state index in [1.165, 1.54) is 13.8 Å². The van der Waals surface area contributed by atoms with Crippen LogP contribution in [0.25, 0.3) is 11.1 Å². The van der Waals surface area contributed by atoms with Crippen molar-refractivity contribution in [3.05, 3.63) is 107 Å². The summed E-state index contributed by atoms with van der Waals surface area (Å²) >= 11 is 12.9. The summed E-state index contributed by atoms with van der Waals surface area (Å²) in [5.41, 5.74) is 7.92. The van der Waals surface area contributed by atoms with Crippen LogP contribution in [0.3, 0.4) is 0 Å². The monoisotopic (exact) mass is 818 g/mol. The van der Waals surface area contributed by atoms with Crippen LogP contribution in [0.5, 0.6) is 0 Å². The lowest BCUT2D eigenvalue weighted by atomic mass is 10.0. The minimum Gasteiger partial charge on any atom is -0.748 e. The molecule has 0 heterocycles. The number of hydrogen-bond acceptors (Lipinski definition) is 14. The van der Waals surface area contributed by atoms with Gasteiger partial charge in [-0.05, 0) is 59.7 Å². The molecule has 4 N–H and O–H groups in total. The first-order chi connectivity index (χ1) is 25.1. The van der Waals surface area contributed by atoms with E-state index in [2.05, 4.69) is 31.7 Å². The smallest absolute Gasteiger partial charge is 0.279 e. The van der Waals surface area contributed by atoms with Crippen LogP contribution in [-0.4, -0.2) is 73.3 Å². The summed E-state index contributed by atoms with van der Waals surface area (Å²) in [4.78, 5) is 49.3. The Bertz CT molecular complexity index is 2100. The Balaban J connectivity index is 0.000000892. The molecule has 4 aromatic carbocycles. The average Bonchev–Trinajstić information content (AvgIpc) is 3.05. The second kappa shape index (κ2) is 20.7. The Kier molecular flexibility index (Phi) is 17.1. The van der Waals surface area contributed by atoms with Crippen LogP contribution >= 0.6 is 23.2 Å². The molecule has 0 unspecified atom stereocenters. The number of para-hydroxylation sites is 2. The van der Waals surface area contributed by atoms with Crippen molar-refractivity contribution in [3.8, 4) is 11.1 Å². The second-order valence-corrected chi connectivity index (χ2v) is 14.3. The molecule has 0 saturated heterocycles. The molecule has 4 aromatic rings. The number of nitrogens with zero attached hydrogens (tertiary/aromatic N) is 2. The molecular formula is C34H32Cl2N6O10S2-2. The molecular weight excluding hydrogens is 787 g/mol. The molecule has 0 aliphatic rings. The van der Waals surface area contributed by atoms with Gasteiger partial charge < -0.3 is 19.7 Å². The topological polar surface area (TPSA) is 256 Å². The highest BCUT2D eigenvalue weighted by atomic mass is 35.5. The van der Waals surface area contributed by atoms with Crippen molar-refractivity contribution >= 4 is 101 Å². The van der Waals surface area contributed by atoms with Gasteiger partial charge >= 0.3 is 0 Å². The average molecular weight is 820 g/mol. The maximum Gasteiger partial charge on any atom is 0.279 e. The van der Waals surface area contributed by atoms with E-state index in [0.29, 0.717) is 46.4 Å². The van der Waals surface area contributed by atoms with Crippen LogP contribution in [-0.2, 0) is 39.4 Å². The molecule has 0 bridgehead atoms. The predicted molar refractivity (Wildman–Crippen MR) is 207 cm³/mol. The molecule has 0 aliphatic carbocycles. The molecule has 286 valence electrons. The number of carbonyl (C=O) groups excluding carboxylic acids is 4. The van der Waals surface area contributed by atoms with Gasteiger partial charge in [0.1, 0.15) is 0 Å². The maximum absolute atomic E-state index is 12.6. The molecule has 0 aliphatic heterocycles. The highest BCUT2D eigenvalue weighted by Crippen LogP contribution is 2.33. The number of carbonyl (C=O) groups is 4. The number of ketones is 2. The fourth-order valence-corrected chi connectivity index (χ4v) is 4.25. The van der Waals surface area contributed by atoms with Crippen LogP contribution in [0.15, 0.2) is 107 Å². The Morgan fingerprint density at radius 1 is 0.556 bits per heavy atom. The number of amides is 2. The van der Waals surface area contributed by atoms with Gasteiger partial charge in [0.05, 0.1) is 41.7 Å². The lowest BCUT2D eigenvalue weighted by Gasteiger charge is -2.11. The normalized spacial score (nSPS) is 11.4. The number of anilines is 4. The minimum absolute atomic E-state index is 0.274. The van der Waals surface area contributed by atoms with Gasteiger partial charge in [-0.2, -0.15) is 10.2 Å². The summed E-state index contributed by atoms with van der Waals surface area (Å²) in [6.07, 6.45) is 1.21. The molecule has 20 heteroatoms. The molecule has 0 fully saturated rings. The molecule has 4 rings (SSSR count). The molecule has 0 spiro atoms. The van der Waals surface area contributed by atoms with Crippen LogP contribution < -0.4 is 21.5 Å². The van der Waals surface area contributed by atoms with Gasteiger partial charge in [0, 0.05) is 37.7 Å². The van der Waals surface area contributed by atoms with Gasteiger partial charge in [0.15, 0.2) is 23.0 Å². The van der Waals surface area contributed by atoms with Gasteiger partial charge in [0.2, 0.25) is 0 Å². The van der Waals surface area contributed by atoms with Crippen molar-refractivity contribution < 1.29 is 45.1 Å². The maximum atomic E-state index is 12.6. The number of hydrogen-bond donors (Lipinski definition) is 4. The van der Waals surface area contributed by atoms with E-state index < -0.39 is 43.6 Å². The zero-order chi connectivity index (χ0) is 40.6. The van der Waals surface area contributed by atoms with Crippen molar-refractivity contribution in [2.24, 2.45) is 10.2 Å². The lowest BCUT2D eigenvalue weighted by Crippen LogP contribution is -2.29. The Morgan fingerprint density at radius 2 is 0.852 bits per heavy atom. The number of benzene rings is 4. The summed E-state index contributed by atoms with van der Waals surface area (Å²) in [5.74, 6) is -2.38. The molecule has 0 radical (unpaired) electrons. The Morgan fingerprint density at radius 3 is 1.11 bits per heavy atom. The minimum atomic E-state index is -3.92. The Labute approximate surface area is 321 Å². The van der Waals surface area contributed by atoms with E-state index in [0.717, 1.165) is 0 Å². The zero-order valence-electron chi connectivity index (χ0n) is 28.8. The Hall–Kier alpha value is -5.50. The van der Waals surface area contributed by atoms with E-state index in [-0.39, 0.29) is 21.5 Å². The number of halogens is 2. The third-order valence-corrected chi connectivity index (χ3v) is 6.63. The molecule has 16 nitrogen and oxygen atoms in total. The van der Waals surface area contributed by atoms with E-state index >= 15 is 0 Å². The first-order valence-electron chi connectivity index (χ1n) is 15.0. The van der Waals surface area contributed by atoms with Gasteiger partial charge in [-0.15, -0.1) is 0 Å². The quantitative estimate of drug-likeness (QED) is 0.0677. The van der Waals surface area contributed by atoms with Crippen LogP contribution in [0.2, 0.25) is 10.0 Å². The number of nitrogens with one attached hydrogen (secondary N) is 4. The summed E-state index contributed by atoms with van der Waals surface area (Å²) in [6, 6.07) is 27.5. The number of hydrazone groups is 2. The lowest BCUT2D eigenvalue weighted by molar-refractivity contribution is -0.116. The number of Topliss-reactive ketones (excluding diaryl/α,β-unsaturated/α-hetero) is 2. The van der Waals surface area contributed by atoms with Crippen molar-refractivity contribution in [3.63, 3.8) is 0 Å². The standard InChI is InChI=1S/C32H26Cl2N6O4.2CH4O3S/c1-19(41)29(31(43)35-23-9-5-3-6-10-23)39-37-27-15-13-21(17-25(27)33)22-14-16-28(26(34)18-22)38-40-30(20(2)42)32(44)36-24-11-7-4-8-12-24;2*1-5(2,3)4/h3-18,37-38H,1-2H3,(H,35,43)(H,36,44);2*1H3,(H,2,3,4)/p-2/b39-29-,40-30-;;. The number of rotatable bonds is 11. The second-order valence-electron chi connectivity index (χ2n) is 10.7. The van der Waals surface area contributed by atoms with Gasteiger partial charge in [-0.25, -0.2) is 16.8 Å². The molecule has 0 saturated carbocycles. The van der Waals surface area contributed by atoms with Crippen molar-refractivity contribution in [2.75, 3.05) is 34.0 Å². The van der Waals surface area contributed by atoms with E-state index in [1.807, 2.05) is 0 Å². The van der Waals surface area contributed by atoms with Crippen molar-refractivity contribution in [1.29, 1.82) is 0 Å². The SMILES string of the molecule is CC(=O)/C(=N/Nc1ccc(-c2ccc(N/N=C(/C(C)=O)C(=O)Nc3ccccc3)c(Cl)c2)cc1Cl)C(=O)Nc1ccccc1.CS(=O)(=O)[O-].CS(=O)(=O)[O-]. The van der Waals surface area contributed by atoms with E-state index in [9.17, 15) is 19.2 Å². The predicted octanol–water partition coefficient (Wildman–Crippen LogP) is 4.97. The first-order valence-corrected chi connectivity index (χ1v) is 19.3. The van der Waals surface area contributed by atoms with Crippen LogP contribution in [0.4, 0.5) is 22.7 Å². The highest BCUT2D eigenvalue weighted by Gasteiger charge is 2.19. The molecule has 54 heavy (non-hydrogen) atoms. The summed E-state index contributed by atoms with van der Waals surface area (Å²) in [6.45, 7) is 2.48. The summed E-state index contributed by atoms with van der Waals surface area (Å²) in [7, 11) is -7.83. The highest BCUT2D eigenvalue weighted by molar-refractivity contribution is 7.85. The molecule has 0 atom stereocenters. The van der Waals surface area contributed by atoms with Crippen LogP contribution in [0, 0.1) is 0 Å². The summed E-state index contributed by atoms with van der Waals surface area (Å²) in [5, 5.41) is 13.8. The van der Waals surface area contributed by atoms with Crippen LogP contribution in [0.1, 0.15) is 13.8 Å². The molecule has 0 aromatic heterocycles. The third kappa shape index (κ3) is 17.3. The fourth-order valence-electron chi connectivity index (χ4n) is 3.81. The molecule has 2 amide bonds. The van der Waals surface area contributed by atoms with Gasteiger partial charge in [-0.1, -0.05) is 71.7 Å². The van der Waals surface area contributed by atoms with Gasteiger partial charge in [0.25, 0.3) is 11.8 Å². The van der Waals surface area contributed by atoms with Gasteiger partial charge in [-0.3, -0.25) is 30.0 Å². The van der Waals surface area contributed by atoms with Crippen molar-refractivity contribution in [1.82, 2.24) is 0 Å². The fraction of sp³-hybridized carbons (Fsp3) is 0.118. The third-order valence-electron chi connectivity index (χ3n) is 6.01. The zero-order valence-corrected chi connectivity index (χ0v) is 31.9. The van der Waals surface area contributed by atoms with Crippen molar-refractivity contribution in [2.45, 2.75) is 13.8 Å². The largest absolute Gasteiger partial charge is 0.748 e. The van der Waals surface area contributed by atoms with E-state index in [4.69, 9.17) is 49.1 Å². The first kappa shape index (κ1) is 44.7.